The second kappa shape index (κ2) is 6.48. The highest BCUT2D eigenvalue weighted by Crippen LogP contribution is 2.14. The van der Waals surface area contributed by atoms with Gasteiger partial charge in [0.1, 0.15) is 0 Å². The Morgan fingerprint density at radius 1 is 1.56 bits per heavy atom. The van der Waals surface area contributed by atoms with Crippen molar-refractivity contribution < 1.29 is 9.59 Å². The molecule has 0 bridgehead atoms. The largest absolute Gasteiger partial charge is 0.355 e. The summed E-state index contributed by atoms with van der Waals surface area (Å²) in [7, 11) is 3.95. The van der Waals surface area contributed by atoms with Gasteiger partial charge in [0.05, 0.1) is 5.92 Å². The van der Waals surface area contributed by atoms with E-state index in [2.05, 4.69) is 5.32 Å². The maximum Gasteiger partial charge on any atom is 0.224 e. The van der Waals surface area contributed by atoms with Crippen LogP contribution in [0.25, 0.3) is 0 Å². The van der Waals surface area contributed by atoms with Crippen molar-refractivity contribution in [2.45, 2.75) is 12.8 Å². The van der Waals surface area contributed by atoms with Crippen molar-refractivity contribution in [3.05, 3.63) is 0 Å². The standard InChI is InChI=1S/C11H21N3O2/c1-13(2)7-5-12-11(16)10-4-3-6-14(8-10)9-15/h9-10H,3-8H2,1-2H3,(H,12,16)/t10-/m0/s1. The molecule has 92 valence electrons. The minimum atomic E-state index is -0.0267. The first-order chi connectivity index (χ1) is 7.63. The van der Waals surface area contributed by atoms with E-state index in [0.29, 0.717) is 13.1 Å². The van der Waals surface area contributed by atoms with Gasteiger partial charge in [-0.3, -0.25) is 9.59 Å². The van der Waals surface area contributed by atoms with Crippen LogP contribution in [-0.4, -0.2) is 62.4 Å². The van der Waals surface area contributed by atoms with Crippen LogP contribution in [0.3, 0.4) is 0 Å². The number of likely N-dealkylation sites (tertiary alicyclic amines) is 1. The molecule has 1 rings (SSSR count). The first kappa shape index (κ1) is 13.0. The molecule has 1 aliphatic rings. The van der Waals surface area contributed by atoms with Crippen LogP contribution in [-0.2, 0) is 9.59 Å². The third kappa shape index (κ3) is 4.18. The lowest BCUT2D eigenvalue weighted by atomic mass is 9.97. The number of carbonyl (C=O) groups is 2. The van der Waals surface area contributed by atoms with Crippen molar-refractivity contribution in [3.8, 4) is 0 Å². The summed E-state index contributed by atoms with van der Waals surface area (Å²) >= 11 is 0. The molecule has 5 nitrogen and oxygen atoms in total. The van der Waals surface area contributed by atoms with E-state index in [9.17, 15) is 9.59 Å². The van der Waals surface area contributed by atoms with Gasteiger partial charge in [-0.15, -0.1) is 0 Å². The van der Waals surface area contributed by atoms with Crippen LogP contribution in [0.2, 0.25) is 0 Å². The smallest absolute Gasteiger partial charge is 0.224 e. The van der Waals surface area contributed by atoms with Gasteiger partial charge in [0.15, 0.2) is 0 Å². The van der Waals surface area contributed by atoms with E-state index < -0.39 is 0 Å². The number of carbonyl (C=O) groups excluding carboxylic acids is 2. The Balaban J connectivity index is 2.27. The molecular weight excluding hydrogens is 206 g/mol. The third-order valence-electron chi connectivity index (χ3n) is 2.83. The molecule has 0 radical (unpaired) electrons. The Morgan fingerprint density at radius 3 is 2.94 bits per heavy atom. The highest BCUT2D eigenvalue weighted by Gasteiger charge is 2.24. The Bertz CT molecular complexity index is 243. The van der Waals surface area contributed by atoms with Crippen molar-refractivity contribution in [1.29, 1.82) is 0 Å². The van der Waals surface area contributed by atoms with Crippen LogP contribution in [0.1, 0.15) is 12.8 Å². The quantitative estimate of drug-likeness (QED) is 0.646. The fourth-order valence-electron chi connectivity index (χ4n) is 1.86. The second-order valence-electron chi connectivity index (χ2n) is 4.53. The van der Waals surface area contributed by atoms with E-state index >= 15 is 0 Å². The minimum absolute atomic E-state index is 0.0267. The summed E-state index contributed by atoms with van der Waals surface area (Å²) in [6, 6.07) is 0. The fourth-order valence-corrected chi connectivity index (χ4v) is 1.86. The topological polar surface area (TPSA) is 52.7 Å². The molecule has 0 aromatic carbocycles. The summed E-state index contributed by atoms with van der Waals surface area (Å²) in [6.45, 7) is 2.86. The molecule has 1 saturated heterocycles. The van der Waals surface area contributed by atoms with Gasteiger partial charge in [-0.2, -0.15) is 0 Å². The Hall–Kier alpha value is -1.10. The van der Waals surface area contributed by atoms with Crippen molar-refractivity contribution in [2.24, 2.45) is 5.92 Å². The summed E-state index contributed by atoms with van der Waals surface area (Å²) in [5.41, 5.74) is 0. The number of rotatable bonds is 5. The van der Waals surface area contributed by atoms with Crippen molar-refractivity contribution in [3.63, 3.8) is 0 Å². The van der Waals surface area contributed by atoms with E-state index in [-0.39, 0.29) is 11.8 Å². The molecule has 1 N–H and O–H groups in total. The van der Waals surface area contributed by atoms with Gasteiger partial charge >= 0.3 is 0 Å². The Morgan fingerprint density at radius 2 is 2.31 bits per heavy atom. The lowest BCUT2D eigenvalue weighted by molar-refractivity contribution is -0.128. The summed E-state index contributed by atoms with van der Waals surface area (Å²) in [6.07, 6.45) is 2.64. The monoisotopic (exact) mass is 227 g/mol. The average molecular weight is 227 g/mol. The number of likely N-dealkylation sites (N-methyl/N-ethyl adjacent to an activating group) is 1. The molecule has 0 saturated carbocycles. The van der Waals surface area contributed by atoms with Crippen LogP contribution < -0.4 is 5.32 Å². The van der Waals surface area contributed by atoms with Gasteiger partial charge in [0.25, 0.3) is 0 Å². The molecule has 1 atom stereocenters. The third-order valence-corrected chi connectivity index (χ3v) is 2.83. The fraction of sp³-hybridized carbons (Fsp3) is 0.818. The number of hydrogen-bond donors (Lipinski definition) is 1. The molecule has 0 unspecified atom stereocenters. The van der Waals surface area contributed by atoms with E-state index in [1.54, 1.807) is 4.90 Å². The highest BCUT2D eigenvalue weighted by molar-refractivity contribution is 5.79. The molecular formula is C11H21N3O2. The van der Waals surface area contributed by atoms with Crippen LogP contribution >= 0.6 is 0 Å². The first-order valence-electron chi connectivity index (χ1n) is 5.75. The average Bonchev–Trinajstić information content (AvgIpc) is 2.28. The van der Waals surface area contributed by atoms with Gasteiger partial charge in [-0.25, -0.2) is 0 Å². The molecule has 5 heteroatoms. The summed E-state index contributed by atoms with van der Waals surface area (Å²) in [5, 5.41) is 2.91. The van der Waals surface area contributed by atoms with Crippen LogP contribution in [0, 0.1) is 5.92 Å². The molecule has 0 aromatic heterocycles. The second-order valence-corrected chi connectivity index (χ2v) is 4.53. The van der Waals surface area contributed by atoms with Crippen molar-refractivity contribution in [1.82, 2.24) is 15.1 Å². The highest BCUT2D eigenvalue weighted by atomic mass is 16.2. The van der Waals surface area contributed by atoms with E-state index in [4.69, 9.17) is 0 Å². The number of amides is 2. The van der Waals surface area contributed by atoms with Gasteiger partial charge in [-0.1, -0.05) is 0 Å². The zero-order chi connectivity index (χ0) is 12.0. The summed E-state index contributed by atoms with van der Waals surface area (Å²) in [5.74, 6) is 0.0505. The Kier molecular flexibility index (Phi) is 5.25. The lowest BCUT2D eigenvalue weighted by Crippen LogP contribution is -2.43. The summed E-state index contributed by atoms with van der Waals surface area (Å²) in [4.78, 5) is 26.1. The maximum absolute atomic E-state index is 11.8. The van der Waals surface area contributed by atoms with Crippen LogP contribution in [0.4, 0.5) is 0 Å². The molecule has 2 amide bonds. The van der Waals surface area contributed by atoms with E-state index in [1.165, 1.54) is 0 Å². The van der Waals surface area contributed by atoms with Crippen LogP contribution in [0.5, 0.6) is 0 Å². The molecule has 16 heavy (non-hydrogen) atoms. The van der Waals surface area contributed by atoms with Gasteiger partial charge in [0, 0.05) is 26.2 Å². The molecule has 0 aliphatic carbocycles. The Labute approximate surface area is 96.8 Å². The number of nitrogens with one attached hydrogen (secondary N) is 1. The van der Waals surface area contributed by atoms with E-state index in [0.717, 1.165) is 32.3 Å². The predicted octanol–water partition coefficient (Wildman–Crippen LogP) is -0.467. The molecule has 1 fully saturated rings. The zero-order valence-electron chi connectivity index (χ0n) is 10.1. The molecule has 1 aliphatic heterocycles. The van der Waals surface area contributed by atoms with Crippen molar-refractivity contribution in [2.75, 3.05) is 40.3 Å². The zero-order valence-corrected chi connectivity index (χ0v) is 10.1. The van der Waals surface area contributed by atoms with Crippen LogP contribution in [0.15, 0.2) is 0 Å². The normalized spacial score (nSPS) is 20.9. The molecule has 1 heterocycles. The van der Waals surface area contributed by atoms with Crippen molar-refractivity contribution >= 4 is 12.3 Å². The van der Waals surface area contributed by atoms with Gasteiger partial charge in [-0.05, 0) is 26.9 Å². The number of hydrogen-bond acceptors (Lipinski definition) is 3. The summed E-state index contributed by atoms with van der Waals surface area (Å²) < 4.78 is 0. The number of nitrogens with zero attached hydrogens (tertiary/aromatic N) is 2. The first-order valence-corrected chi connectivity index (χ1v) is 5.75. The van der Waals surface area contributed by atoms with E-state index in [1.807, 2.05) is 19.0 Å². The SMILES string of the molecule is CN(C)CCNC(=O)[C@H]1CCCN(C=O)C1. The lowest BCUT2D eigenvalue weighted by Gasteiger charge is -2.29. The number of piperidine rings is 1. The predicted molar refractivity (Wildman–Crippen MR) is 61.9 cm³/mol. The molecule has 0 spiro atoms. The molecule has 0 aromatic rings. The van der Waals surface area contributed by atoms with Gasteiger partial charge in [0.2, 0.25) is 12.3 Å². The van der Waals surface area contributed by atoms with Gasteiger partial charge < -0.3 is 15.1 Å². The maximum atomic E-state index is 11.8. The minimum Gasteiger partial charge on any atom is -0.355 e.